The van der Waals surface area contributed by atoms with Gasteiger partial charge in [-0.15, -0.1) is 11.3 Å². The summed E-state index contributed by atoms with van der Waals surface area (Å²) in [5.41, 5.74) is 1.14. The molecule has 1 aliphatic rings. The third-order valence-electron chi connectivity index (χ3n) is 4.17. The Hall–Kier alpha value is -1.14. The lowest BCUT2D eigenvalue weighted by Gasteiger charge is -2.32. The second-order valence-electron chi connectivity index (χ2n) is 7.69. The molecule has 1 fully saturated rings. The maximum Gasteiger partial charge on any atom is 0.223 e. The Morgan fingerprint density at radius 3 is 2.61 bits per heavy atom. The molecular weight excluding hydrogens is 310 g/mol. The van der Waals surface area contributed by atoms with Gasteiger partial charge in [0.2, 0.25) is 5.91 Å². The maximum atomic E-state index is 12.4. The number of thiazole rings is 1. The predicted octanol–water partition coefficient (Wildman–Crippen LogP) is 2.58. The van der Waals surface area contributed by atoms with Crippen LogP contribution in [0.1, 0.15) is 45.7 Å². The average molecular weight is 340 g/mol. The van der Waals surface area contributed by atoms with Gasteiger partial charge in [-0.2, -0.15) is 0 Å². The van der Waals surface area contributed by atoms with Gasteiger partial charge < -0.3 is 15.3 Å². The lowest BCUT2D eigenvalue weighted by atomic mass is 9.87. The average Bonchev–Trinajstić information content (AvgIpc) is 2.92. The van der Waals surface area contributed by atoms with Crippen LogP contribution in [0.3, 0.4) is 0 Å². The van der Waals surface area contributed by atoms with E-state index in [4.69, 9.17) is 0 Å². The first-order chi connectivity index (χ1) is 10.8. The van der Waals surface area contributed by atoms with Crippen molar-refractivity contribution in [3.05, 3.63) is 11.1 Å². The maximum absolute atomic E-state index is 12.4. The van der Waals surface area contributed by atoms with Crippen LogP contribution >= 0.6 is 11.3 Å². The van der Waals surface area contributed by atoms with E-state index in [1.54, 1.807) is 11.3 Å². The Kier molecular flexibility index (Phi) is 6.03. The summed E-state index contributed by atoms with van der Waals surface area (Å²) in [6.07, 6.45) is 2.47. The number of aliphatic hydroxyl groups is 1. The summed E-state index contributed by atoms with van der Waals surface area (Å²) in [6, 6.07) is -0.151. The van der Waals surface area contributed by atoms with E-state index in [2.05, 4.69) is 41.4 Å². The van der Waals surface area contributed by atoms with Gasteiger partial charge in [-0.05, 0) is 31.6 Å². The second-order valence-corrected chi connectivity index (χ2v) is 8.52. The zero-order chi connectivity index (χ0) is 17.0. The molecule has 0 aliphatic carbocycles. The quantitative estimate of drug-likeness (QED) is 0.865. The van der Waals surface area contributed by atoms with E-state index < -0.39 is 0 Å². The lowest BCUT2D eigenvalue weighted by Crippen LogP contribution is -2.46. The van der Waals surface area contributed by atoms with Crippen LogP contribution in [0, 0.1) is 18.3 Å². The molecule has 0 bridgehead atoms. The predicted molar refractivity (Wildman–Crippen MR) is 94.9 cm³/mol. The zero-order valence-corrected chi connectivity index (χ0v) is 15.4. The molecule has 2 N–H and O–H groups in total. The van der Waals surface area contributed by atoms with Crippen LogP contribution in [0.25, 0.3) is 0 Å². The van der Waals surface area contributed by atoms with Crippen LogP contribution in [0.4, 0.5) is 5.13 Å². The number of hydrogen-bond donors (Lipinski definition) is 2. The Morgan fingerprint density at radius 2 is 2.13 bits per heavy atom. The molecule has 23 heavy (non-hydrogen) atoms. The summed E-state index contributed by atoms with van der Waals surface area (Å²) in [4.78, 5) is 19.2. The molecule has 1 atom stereocenters. The number of aliphatic hydroxyl groups excluding tert-OH is 1. The Morgan fingerprint density at radius 1 is 1.48 bits per heavy atom. The van der Waals surface area contributed by atoms with Crippen molar-refractivity contribution in [2.45, 2.75) is 53.0 Å². The molecule has 0 radical (unpaired) electrons. The second kappa shape index (κ2) is 7.62. The number of nitrogens with one attached hydrogen (secondary N) is 1. The van der Waals surface area contributed by atoms with Gasteiger partial charge in [0.25, 0.3) is 0 Å². The number of aryl methyl sites for hydroxylation is 1. The monoisotopic (exact) mass is 339 g/mol. The molecule has 0 spiro atoms. The van der Waals surface area contributed by atoms with Gasteiger partial charge in [0.15, 0.2) is 5.13 Å². The van der Waals surface area contributed by atoms with Crippen LogP contribution in [0.15, 0.2) is 5.38 Å². The SMILES string of the molecule is Cc1csc(N2CCC(C(=O)NC(CO)CC(C)(C)C)CC2)n1. The van der Waals surface area contributed by atoms with Gasteiger partial charge in [-0.1, -0.05) is 20.8 Å². The summed E-state index contributed by atoms with van der Waals surface area (Å²) < 4.78 is 0. The van der Waals surface area contributed by atoms with E-state index in [9.17, 15) is 9.90 Å². The van der Waals surface area contributed by atoms with Crippen molar-refractivity contribution < 1.29 is 9.90 Å². The first kappa shape index (κ1) is 18.2. The largest absolute Gasteiger partial charge is 0.394 e. The molecule has 0 saturated carbocycles. The summed E-state index contributed by atoms with van der Waals surface area (Å²) >= 11 is 1.67. The summed E-state index contributed by atoms with van der Waals surface area (Å²) in [7, 11) is 0. The molecule has 2 rings (SSSR count). The number of anilines is 1. The van der Waals surface area contributed by atoms with Crippen LogP contribution < -0.4 is 10.2 Å². The summed E-state index contributed by atoms with van der Waals surface area (Å²) in [5, 5.41) is 15.7. The van der Waals surface area contributed by atoms with E-state index in [0.29, 0.717) is 0 Å². The molecule has 0 aromatic carbocycles. The minimum atomic E-state index is -0.151. The van der Waals surface area contributed by atoms with Crippen LogP contribution in [-0.4, -0.2) is 41.7 Å². The topological polar surface area (TPSA) is 65.5 Å². The highest BCUT2D eigenvalue weighted by atomic mass is 32.1. The van der Waals surface area contributed by atoms with Crippen LogP contribution in [0.5, 0.6) is 0 Å². The van der Waals surface area contributed by atoms with E-state index in [1.165, 1.54) is 0 Å². The minimum Gasteiger partial charge on any atom is -0.394 e. The van der Waals surface area contributed by atoms with Gasteiger partial charge in [0.05, 0.1) is 18.3 Å². The molecule has 1 unspecified atom stereocenters. The number of piperidine rings is 1. The molecule has 2 heterocycles. The highest BCUT2D eigenvalue weighted by molar-refractivity contribution is 7.13. The Balaban J connectivity index is 1.83. The first-order valence-corrected chi connectivity index (χ1v) is 9.25. The van der Waals surface area contributed by atoms with Gasteiger partial charge in [-0.25, -0.2) is 4.98 Å². The summed E-state index contributed by atoms with van der Waals surface area (Å²) in [5.74, 6) is 0.129. The van der Waals surface area contributed by atoms with Gasteiger partial charge in [0, 0.05) is 24.4 Å². The van der Waals surface area contributed by atoms with Gasteiger partial charge >= 0.3 is 0 Å². The third kappa shape index (κ3) is 5.46. The molecule has 5 nitrogen and oxygen atoms in total. The molecule has 1 saturated heterocycles. The van der Waals surface area contributed by atoms with E-state index >= 15 is 0 Å². The smallest absolute Gasteiger partial charge is 0.223 e. The molecule has 1 aliphatic heterocycles. The van der Waals surface area contributed by atoms with E-state index in [1.807, 2.05) is 6.92 Å². The van der Waals surface area contributed by atoms with Crippen molar-refractivity contribution in [3.63, 3.8) is 0 Å². The lowest BCUT2D eigenvalue weighted by molar-refractivity contribution is -0.126. The fourth-order valence-electron chi connectivity index (χ4n) is 3.04. The molecule has 1 amide bonds. The van der Waals surface area contributed by atoms with Crippen molar-refractivity contribution in [2.75, 3.05) is 24.6 Å². The Bertz CT molecular complexity index is 516. The number of amides is 1. The molecule has 130 valence electrons. The molecular formula is C17H29N3O2S. The molecule has 6 heteroatoms. The number of nitrogens with zero attached hydrogens (tertiary/aromatic N) is 2. The van der Waals surface area contributed by atoms with Crippen molar-refractivity contribution in [1.29, 1.82) is 0 Å². The number of aromatic nitrogens is 1. The Labute approximate surface area is 143 Å². The van der Waals surface area contributed by atoms with E-state index in [0.717, 1.165) is 43.2 Å². The van der Waals surface area contributed by atoms with Crippen molar-refractivity contribution in [2.24, 2.45) is 11.3 Å². The highest BCUT2D eigenvalue weighted by Gasteiger charge is 2.28. The number of carbonyl (C=O) groups excluding carboxylic acids is 1. The van der Waals surface area contributed by atoms with Crippen molar-refractivity contribution in [3.8, 4) is 0 Å². The normalized spacial score (nSPS) is 18.0. The fraction of sp³-hybridized carbons (Fsp3) is 0.765. The number of hydrogen-bond acceptors (Lipinski definition) is 5. The highest BCUT2D eigenvalue weighted by Crippen LogP contribution is 2.27. The van der Waals surface area contributed by atoms with E-state index in [-0.39, 0.29) is 29.9 Å². The standard InChI is InChI=1S/C17H29N3O2S/c1-12-11-23-16(18-12)20-7-5-13(6-8-20)15(22)19-14(10-21)9-17(2,3)4/h11,13-14,21H,5-10H2,1-4H3,(H,19,22). The third-order valence-corrected chi connectivity index (χ3v) is 5.19. The number of rotatable bonds is 5. The van der Waals surface area contributed by atoms with Crippen molar-refractivity contribution >= 4 is 22.4 Å². The summed E-state index contributed by atoms with van der Waals surface area (Å²) in [6.45, 7) is 10.1. The van der Waals surface area contributed by atoms with Gasteiger partial charge in [-0.3, -0.25) is 4.79 Å². The number of carbonyl (C=O) groups is 1. The van der Waals surface area contributed by atoms with Crippen LogP contribution in [-0.2, 0) is 4.79 Å². The van der Waals surface area contributed by atoms with Crippen LogP contribution in [0.2, 0.25) is 0 Å². The minimum absolute atomic E-state index is 0.000245. The van der Waals surface area contributed by atoms with Gasteiger partial charge in [0.1, 0.15) is 0 Å². The fourth-order valence-corrected chi connectivity index (χ4v) is 3.90. The molecule has 1 aromatic rings. The van der Waals surface area contributed by atoms with Crippen molar-refractivity contribution in [1.82, 2.24) is 10.3 Å². The first-order valence-electron chi connectivity index (χ1n) is 8.37. The zero-order valence-electron chi connectivity index (χ0n) is 14.6. The molecule has 1 aromatic heterocycles.